The minimum atomic E-state index is -0.807. The van der Waals surface area contributed by atoms with E-state index in [1.165, 1.54) is 56.3 Å². The quantitative estimate of drug-likeness (QED) is 0.747. The molecule has 1 aromatic rings. The van der Waals surface area contributed by atoms with E-state index >= 15 is 0 Å². The van der Waals surface area contributed by atoms with E-state index in [4.69, 9.17) is 5.73 Å². The number of hydrogen-bond donors (Lipinski definition) is 1. The molecule has 0 saturated carbocycles. The zero-order chi connectivity index (χ0) is 19.8. The molecule has 1 fully saturated rings. The standard InChI is InChI=1S/C20H33N3OS.C2H6/c1-3-10-22(15-16-8-11-23(12-9-16)25(2)24)20-7-5-17-4-6-19(21)13-18(17)14-20;1-2/h4,6,13,16,20H,3,5,7-12,14-15,21H2,1-2H3;1-2H3. The molecule has 1 aromatic carbocycles. The van der Waals surface area contributed by atoms with Crippen LogP contribution in [0.25, 0.3) is 0 Å². The Balaban J connectivity index is 0.00000126. The summed E-state index contributed by atoms with van der Waals surface area (Å²) in [6.07, 6.45) is 8.93. The second-order valence-electron chi connectivity index (χ2n) is 7.72. The van der Waals surface area contributed by atoms with Gasteiger partial charge in [0.2, 0.25) is 0 Å². The fourth-order valence-corrected chi connectivity index (χ4v) is 5.19. The van der Waals surface area contributed by atoms with Gasteiger partial charge in [-0.2, -0.15) is 0 Å². The number of fused-ring (bicyclic) bond motifs is 1. The fraction of sp³-hybridized carbons (Fsp3) is 0.727. The molecule has 1 saturated heterocycles. The minimum Gasteiger partial charge on any atom is -0.399 e. The topological polar surface area (TPSA) is 49.6 Å². The second-order valence-corrected chi connectivity index (χ2v) is 9.08. The summed E-state index contributed by atoms with van der Waals surface area (Å²) in [6.45, 7) is 10.6. The van der Waals surface area contributed by atoms with Crippen molar-refractivity contribution in [1.82, 2.24) is 9.21 Å². The van der Waals surface area contributed by atoms with Crippen LogP contribution >= 0.6 is 0 Å². The molecule has 5 heteroatoms. The first kappa shape index (κ1) is 22.4. The Labute approximate surface area is 169 Å². The number of piperidine rings is 1. The Morgan fingerprint density at radius 1 is 1.19 bits per heavy atom. The molecule has 2 N–H and O–H groups in total. The third-order valence-corrected chi connectivity index (χ3v) is 6.98. The highest BCUT2D eigenvalue weighted by Crippen LogP contribution is 2.28. The van der Waals surface area contributed by atoms with E-state index in [1.54, 1.807) is 6.26 Å². The number of aryl methyl sites for hydroxylation is 1. The van der Waals surface area contributed by atoms with Gasteiger partial charge in [-0.25, -0.2) is 8.51 Å². The summed E-state index contributed by atoms with van der Waals surface area (Å²) >= 11 is 0. The average Bonchev–Trinajstić information content (AvgIpc) is 2.69. The number of anilines is 1. The molecule has 4 nitrogen and oxygen atoms in total. The number of nitrogens with zero attached hydrogens (tertiary/aromatic N) is 2. The molecule has 3 rings (SSSR count). The third-order valence-electron chi connectivity index (χ3n) is 5.89. The minimum absolute atomic E-state index is 0.646. The molecule has 1 aliphatic carbocycles. The molecule has 0 bridgehead atoms. The molecular weight excluding hydrogens is 354 g/mol. The van der Waals surface area contributed by atoms with Crippen LogP contribution in [-0.2, 0) is 23.8 Å². The summed E-state index contributed by atoms with van der Waals surface area (Å²) in [5.74, 6) is 0.744. The summed E-state index contributed by atoms with van der Waals surface area (Å²) < 4.78 is 13.7. The molecular formula is C22H39N3OS. The van der Waals surface area contributed by atoms with E-state index < -0.39 is 11.0 Å². The normalized spacial score (nSPS) is 22.0. The lowest BCUT2D eigenvalue weighted by atomic mass is 9.86. The first-order valence-electron chi connectivity index (χ1n) is 10.8. The van der Waals surface area contributed by atoms with Crippen LogP contribution in [0.15, 0.2) is 18.2 Å². The molecule has 2 atom stereocenters. The summed E-state index contributed by atoms with van der Waals surface area (Å²) in [4.78, 5) is 2.73. The van der Waals surface area contributed by atoms with Gasteiger partial charge in [-0.05, 0) is 74.2 Å². The number of hydrogen-bond acceptors (Lipinski definition) is 3. The van der Waals surface area contributed by atoms with Crippen molar-refractivity contribution < 1.29 is 4.21 Å². The van der Waals surface area contributed by atoms with Gasteiger partial charge in [-0.3, -0.25) is 4.90 Å². The molecule has 154 valence electrons. The SMILES string of the molecule is CC.CCCN(CC1CCN(S(C)=O)CC1)C1CCc2ccc(N)cc2C1. The van der Waals surface area contributed by atoms with Gasteiger partial charge in [-0.15, -0.1) is 0 Å². The van der Waals surface area contributed by atoms with Crippen molar-refractivity contribution in [3.63, 3.8) is 0 Å². The maximum Gasteiger partial charge on any atom is 0.0910 e. The van der Waals surface area contributed by atoms with Crippen molar-refractivity contribution in [1.29, 1.82) is 0 Å². The number of rotatable bonds is 6. The monoisotopic (exact) mass is 393 g/mol. The van der Waals surface area contributed by atoms with Gasteiger partial charge in [0, 0.05) is 37.6 Å². The zero-order valence-corrected chi connectivity index (χ0v) is 18.6. The van der Waals surface area contributed by atoms with Crippen LogP contribution in [0.2, 0.25) is 0 Å². The highest BCUT2D eigenvalue weighted by atomic mass is 32.2. The highest BCUT2D eigenvalue weighted by Gasteiger charge is 2.28. The van der Waals surface area contributed by atoms with E-state index in [9.17, 15) is 4.21 Å². The van der Waals surface area contributed by atoms with E-state index in [0.717, 1.165) is 31.1 Å². The van der Waals surface area contributed by atoms with E-state index in [1.807, 2.05) is 19.9 Å². The summed E-state index contributed by atoms with van der Waals surface area (Å²) in [7, 11) is -0.807. The molecule has 0 spiro atoms. The number of nitrogen functional groups attached to an aromatic ring is 1. The van der Waals surface area contributed by atoms with Crippen molar-refractivity contribution >= 4 is 16.7 Å². The molecule has 0 aromatic heterocycles. The molecule has 1 heterocycles. The lowest BCUT2D eigenvalue weighted by Gasteiger charge is -2.39. The van der Waals surface area contributed by atoms with Gasteiger partial charge in [-0.1, -0.05) is 26.8 Å². The van der Waals surface area contributed by atoms with Crippen LogP contribution in [0.4, 0.5) is 5.69 Å². The van der Waals surface area contributed by atoms with Gasteiger partial charge < -0.3 is 5.73 Å². The lowest BCUT2D eigenvalue weighted by molar-refractivity contribution is 0.130. The Kier molecular flexibility index (Phi) is 9.27. The van der Waals surface area contributed by atoms with Crippen LogP contribution in [0.3, 0.4) is 0 Å². The summed E-state index contributed by atoms with van der Waals surface area (Å²) in [5, 5.41) is 0. The van der Waals surface area contributed by atoms with Crippen LogP contribution in [0, 0.1) is 5.92 Å². The van der Waals surface area contributed by atoms with E-state index in [2.05, 4.69) is 28.3 Å². The van der Waals surface area contributed by atoms with Crippen LogP contribution in [-0.4, -0.2) is 51.9 Å². The van der Waals surface area contributed by atoms with Gasteiger partial charge in [0.05, 0.1) is 11.0 Å². The zero-order valence-electron chi connectivity index (χ0n) is 17.7. The maximum absolute atomic E-state index is 11.6. The van der Waals surface area contributed by atoms with Gasteiger partial charge in [0.15, 0.2) is 0 Å². The third kappa shape index (κ3) is 6.30. The van der Waals surface area contributed by atoms with Gasteiger partial charge >= 0.3 is 0 Å². The Morgan fingerprint density at radius 2 is 1.89 bits per heavy atom. The summed E-state index contributed by atoms with van der Waals surface area (Å²) in [6, 6.07) is 7.08. The van der Waals surface area contributed by atoms with Crippen molar-refractivity contribution in [2.75, 3.05) is 38.2 Å². The molecule has 2 aliphatic rings. The van der Waals surface area contributed by atoms with Crippen LogP contribution in [0.1, 0.15) is 57.6 Å². The molecule has 2 unspecified atom stereocenters. The Morgan fingerprint density at radius 3 is 2.52 bits per heavy atom. The van der Waals surface area contributed by atoms with Crippen LogP contribution < -0.4 is 5.73 Å². The molecule has 0 amide bonds. The second kappa shape index (κ2) is 11.2. The predicted octanol–water partition coefficient (Wildman–Crippen LogP) is 3.87. The van der Waals surface area contributed by atoms with E-state index in [0.29, 0.717) is 6.04 Å². The molecule has 27 heavy (non-hydrogen) atoms. The lowest BCUT2D eigenvalue weighted by Crippen LogP contribution is -2.45. The Bertz CT molecular complexity index is 599. The first-order valence-corrected chi connectivity index (χ1v) is 12.3. The van der Waals surface area contributed by atoms with Crippen molar-refractivity contribution in [3.8, 4) is 0 Å². The fourth-order valence-electron chi connectivity index (χ4n) is 4.46. The number of benzene rings is 1. The van der Waals surface area contributed by atoms with Gasteiger partial charge in [0.1, 0.15) is 0 Å². The molecule has 1 aliphatic heterocycles. The first-order chi connectivity index (χ1) is 13.1. The van der Waals surface area contributed by atoms with Gasteiger partial charge in [0.25, 0.3) is 0 Å². The average molecular weight is 394 g/mol. The van der Waals surface area contributed by atoms with E-state index in [-0.39, 0.29) is 0 Å². The highest BCUT2D eigenvalue weighted by molar-refractivity contribution is 7.81. The van der Waals surface area contributed by atoms with Crippen LogP contribution in [0.5, 0.6) is 0 Å². The summed E-state index contributed by atoms with van der Waals surface area (Å²) in [5.41, 5.74) is 9.83. The van der Waals surface area contributed by atoms with Crippen molar-refractivity contribution in [2.24, 2.45) is 5.92 Å². The maximum atomic E-state index is 11.6. The predicted molar refractivity (Wildman–Crippen MR) is 118 cm³/mol. The Hall–Kier alpha value is -0.910. The number of nitrogens with two attached hydrogens (primary N) is 1. The smallest absolute Gasteiger partial charge is 0.0910 e. The molecule has 0 radical (unpaired) electrons. The largest absolute Gasteiger partial charge is 0.399 e. The van der Waals surface area contributed by atoms with Crippen molar-refractivity contribution in [2.45, 2.75) is 65.3 Å². The van der Waals surface area contributed by atoms with Crippen molar-refractivity contribution in [3.05, 3.63) is 29.3 Å².